The van der Waals surface area contributed by atoms with Crippen molar-refractivity contribution in [2.75, 3.05) is 0 Å². The molecule has 0 unspecified atom stereocenters. The van der Waals surface area contributed by atoms with E-state index in [0.717, 1.165) is 5.52 Å². The summed E-state index contributed by atoms with van der Waals surface area (Å²) in [7, 11) is 0. The van der Waals surface area contributed by atoms with Crippen LogP contribution in [0, 0.1) is 0 Å². The Morgan fingerprint density at radius 2 is 2.29 bits per heavy atom. The quantitative estimate of drug-likeness (QED) is 0.534. The Labute approximate surface area is 85.9 Å². The average Bonchev–Trinajstić information content (AvgIpc) is 2.47. The monoisotopic (exact) mass is 209 g/mol. The van der Waals surface area contributed by atoms with Crippen LogP contribution in [0.25, 0.3) is 5.52 Å². The van der Waals surface area contributed by atoms with E-state index in [2.05, 4.69) is 0 Å². The molecule has 4 heteroatoms. The normalized spacial score (nSPS) is 10.4. The summed E-state index contributed by atoms with van der Waals surface area (Å²) in [6.45, 7) is 1.37. The minimum Gasteiger partial charge on any atom is -0.425 e. The number of fused-ring (bicyclic) bond motifs is 1. The number of aromatic nitrogens is 1. The van der Waals surface area contributed by atoms with E-state index in [9.17, 15) is 4.79 Å². The van der Waals surface area contributed by atoms with Gasteiger partial charge in [-0.15, -0.1) is 0 Å². The molecule has 2 rings (SSSR count). The highest BCUT2D eigenvalue weighted by molar-refractivity contribution is 6.29. The SMILES string of the molecule is CC(=O)Oc1cc2cccc(Cl)n2c1. The third-order valence-electron chi connectivity index (χ3n) is 1.82. The molecule has 2 aromatic heterocycles. The van der Waals surface area contributed by atoms with Gasteiger partial charge in [-0.05, 0) is 12.1 Å². The lowest BCUT2D eigenvalue weighted by molar-refractivity contribution is -0.131. The molecule has 0 radical (unpaired) electrons. The molecular weight excluding hydrogens is 202 g/mol. The molecule has 0 aliphatic rings. The third-order valence-corrected chi connectivity index (χ3v) is 2.13. The van der Waals surface area contributed by atoms with Gasteiger partial charge in [-0.2, -0.15) is 0 Å². The molecule has 0 saturated heterocycles. The minimum atomic E-state index is -0.336. The second-order valence-electron chi connectivity index (χ2n) is 2.91. The summed E-state index contributed by atoms with van der Waals surface area (Å²) in [5.74, 6) is 0.169. The smallest absolute Gasteiger partial charge is 0.308 e. The van der Waals surface area contributed by atoms with Crippen molar-refractivity contribution in [2.24, 2.45) is 0 Å². The van der Waals surface area contributed by atoms with Crippen molar-refractivity contribution in [1.29, 1.82) is 0 Å². The molecule has 0 bridgehead atoms. The molecular formula is C10H8ClNO2. The van der Waals surface area contributed by atoms with Gasteiger partial charge in [0.2, 0.25) is 0 Å². The fourth-order valence-corrected chi connectivity index (χ4v) is 1.52. The summed E-state index contributed by atoms with van der Waals surface area (Å²) >= 11 is 5.93. The summed E-state index contributed by atoms with van der Waals surface area (Å²) in [6.07, 6.45) is 1.68. The van der Waals surface area contributed by atoms with E-state index in [-0.39, 0.29) is 5.97 Å². The lowest BCUT2D eigenvalue weighted by Crippen LogP contribution is -1.99. The van der Waals surface area contributed by atoms with Crippen LogP contribution in [-0.4, -0.2) is 10.4 Å². The van der Waals surface area contributed by atoms with Crippen molar-refractivity contribution in [1.82, 2.24) is 4.40 Å². The highest BCUT2D eigenvalue weighted by Gasteiger charge is 2.04. The first kappa shape index (κ1) is 9.09. The largest absolute Gasteiger partial charge is 0.425 e. The predicted molar refractivity (Wildman–Crippen MR) is 53.7 cm³/mol. The summed E-state index contributed by atoms with van der Waals surface area (Å²) in [5.41, 5.74) is 0.897. The number of hydrogen-bond donors (Lipinski definition) is 0. The molecule has 0 spiro atoms. The molecule has 0 amide bonds. The van der Waals surface area contributed by atoms with Crippen LogP contribution in [0.2, 0.25) is 5.15 Å². The number of carbonyl (C=O) groups is 1. The van der Waals surface area contributed by atoms with E-state index < -0.39 is 0 Å². The molecule has 3 nitrogen and oxygen atoms in total. The molecule has 2 aromatic rings. The Morgan fingerprint density at radius 1 is 1.50 bits per heavy atom. The number of nitrogens with zero attached hydrogens (tertiary/aromatic N) is 1. The summed E-state index contributed by atoms with van der Waals surface area (Å²) in [6, 6.07) is 7.26. The van der Waals surface area contributed by atoms with Crippen LogP contribution in [0.1, 0.15) is 6.92 Å². The zero-order valence-corrected chi connectivity index (χ0v) is 8.28. The topological polar surface area (TPSA) is 30.7 Å². The Kier molecular flexibility index (Phi) is 2.17. The number of esters is 1. The fourth-order valence-electron chi connectivity index (χ4n) is 1.30. The minimum absolute atomic E-state index is 0.336. The molecule has 2 heterocycles. The van der Waals surface area contributed by atoms with Gasteiger partial charge in [-0.1, -0.05) is 17.7 Å². The maximum atomic E-state index is 10.7. The van der Waals surface area contributed by atoms with Gasteiger partial charge in [0.15, 0.2) is 0 Å². The van der Waals surface area contributed by atoms with Gasteiger partial charge in [-0.25, -0.2) is 0 Å². The van der Waals surface area contributed by atoms with E-state index in [0.29, 0.717) is 10.9 Å². The zero-order valence-electron chi connectivity index (χ0n) is 7.53. The van der Waals surface area contributed by atoms with Gasteiger partial charge in [-0.3, -0.25) is 4.79 Å². The van der Waals surface area contributed by atoms with Crippen LogP contribution in [0.15, 0.2) is 30.5 Å². The second-order valence-corrected chi connectivity index (χ2v) is 3.30. The Morgan fingerprint density at radius 3 is 2.93 bits per heavy atom. The molecule has 0 saturated carbocycles. The van der Waals surface area contributed by atoms with E-state index in [1.165, 1.54) is 6.92 Å². The van der Waals surface area contributed by atoms with Gasteiger partial charge < -0.3 is 9.14 Å². The van der Waals surface area contributed by atoms with Gasteiger partial charge >= 0.3 is 5.97 Å². The molecule has 0 N–H and O–H groups in total. The third kappa shape index (κ3) is 1.59. The number of rotatable bonds is 1. The number of halogens is 1. The highest BCUT2D eigenvalue weighted by atomic mass is 35.5. The molecule has 0 aliphatic heterocycles. The van der Waals surface area contributed by atoms with Crippen LogP contribution in [0.4, 0.5) is 0 Å². The van der Waals surface area contributed by atoms with E-state index in [1.54, 1.807) is 22.7 Å². The van der Waals surface area contributed by atoms with Crippen molar-refractivity contribution in [3.63, 3.8) is 0 Å². The van der Waals surface area contributed by atoms with Crippen LogP contribution >= 0.6 is 11.6 Å². The molecule has 0 atom stereocenters. The van der Waals surface area contributed by atoms with Crippen molar-refractivity contribution in [3.8, 4) is 5.75 Å². The maximum Gasteiger partial charge on any atom is 0.308 e. The summed E-state index contributed by atoms with van der Waals surface area (Å²) < 4.78 is 6.69. The van der Waals surface area contributed by atoms with Gasteiger partial charge in [0, 0.05) is 13.0 Å². The standard InChI is InChI=1S/C10H8ClNO2/c1-7(13)14-9-5-8-3-2-4-10(11)12(8)6-9/h2-6H,1H3. The number of ether oxygens (including phenoxy) is 1. The van der Waals surface area contributed by atoms with Gasteiger partial charge in [0.1, 0.15) is 10.9 Å². The van der Waals surface area contributed by atoms with Crippen molar-refractivity contribution >= 4 is 23.1 Å². The Bertz CT molecular complexity index is 490. The maximum absolute atomic E-state index is 10.7. The molecule has 14 heavy (non-hydrogen) atoms. The fraction of sp³-hybridized carbons (Fsp3) is 0.100. The predicted octanol–water partition coefficient (Wildman–Crippen LogP) is 2.52. The number of carbonyl (C=O) groups excluding carboxylic acids is 1. The van der Waals surface area contributed by atoms with Gasteiger partial charge in [0.05, 0.1) is 11.7 Å². The van der Waals surface area contributed by atoms with E-state index >= 15 is 0 Å². The first-order valence-electron chi connectivity index (χ1n) is 4.12. The molecule has 0 aliphatic carbocycles. The highest BCUT2D eigenvalue weighted by Crippen LogP contribution is 2.21. The van der Waals surface area contributed by atoms with Crippen molar-refractivity contribution < 1.29 is 9.53 Å². The van der Waals surface area contributed by atoms with Crippen LogP contribution in [0.5, 0.6) is 5.75 Å². The molecule has 72 valence electrons. The number of hydrogen-bond acceptors (Lipinski definition) is 2. The first-order chi connectivity index (χ1) is 6.66. The Hall–Kier alpha value is -1.48. The van der Waals surface area contributed by atoms with Crippen LogP contribution in [-0.2, 0) is 4.79 Å². The van der Waals surface area contributed by atoms with E-state index in [1.807, 2.05) is 12.1 Å². The average molecular weight is 210 g/mol. The first-order valence-corrected chi connectivity index (χ1v) is 4.49. The molecule has 0 fully saturated rings. The Balaban J connectivity index is 2.51. The van der Waals surface area contributed by atoms with Crippen LogP contribution in [0.3, 0.4) is 0 Å². The van der Waals surface area contributed by atoms with Crippen molar-refractivity contribution in [2.45, 2.75) is 6.92 Å². The lowest BCUT2D eigenvalue weighted by atomic mass is 10.4. The van der Waals surface area contributed by atoms with E-state index in [4.69, 9.17) is 16.3 Å². The summed E-state index contributed by atoms with van der Waals surface area (Å²) in [5, 5.41) is 0.584. The zero-order chi connectivity index (χ0) is 10.1. The van der Waals surface area contributed by atoms with Gasteiger partial charge in [0.25, 0.3) is 0 Å². The van der Waals surface area contributed by atoms with Crippen molar-refractivity contribution in [3.05, 3.63) is 35.6 Å². The lowest BCUT2D eigenvalue weighted by Gasteiger charge is -1.95. The van der Waals surface area contributed by atoms with Crippen LogP contribution < -0.4 is 4.74 Å². The molecule has 0 aromatic carbocycles. The summed E-state index contributed by atoms with van der Waals surface area (Å²) in [4.78, 5) is 10.7. The number of pyridine rings is 1. The second kappa shape index (κ2) is 3.35.